The molecule has 0 aromatic carbocycles. The molecule has 1 rings (SSSR count). The molecule has 0 saturated carbocycles. The third kappa shape index (κ3) is 1.31. The molecule has 0 aliphatic rings. The number of hydrogen-bond donors (Lipinski definition) is 2. The summed E-state index contributed by atoms with van der Waals surface area (Å²) in [5.74, 6) is -0.261. The summed E-state index contributed by atoms with van der Waals surface area (Å²) in [4.78, 5) is 3.48. The first kappa shape index (κ1) is 7.17. The van der Waals surface area contributed by atoms with Gasteiger partial charge in [0.1, 0.15) is 0 Å². The van der Waals surface area contributed by atoms with Crippen molar-refractivity contribution in [1.29, 1.82) is 0 Å². The van der Waals surface area contributed by atoms with Crippen LogP contribution in [-0.4, -0.2) is 18.9 Å². The van der Waals surface area contributed by atoms with Gasteiger partial charge in [0.25, 0.3) is 0 Å². The van der Waals surface area contributed by atoms with Crippen LogP contribution in [0.5, 0.6) is 5.75 Å². The first-order valence-electron chi connectivity index (χ1n) is 2.46. The predicted molar refractivity (Wildman–Crippen MR) is 34.9 cm³/mol. The zero-order valence-corrected chi connectivity index (χ0v) is 5.71. The maximum absolute atomic E-state index is 10.3. The summed E-state index contributed by atoms with van der Waals surface area (Å²) in [6, 6.07) is 2.78. The highest BCUT2D eigenvalue weighted by atomic mass is 32.2. The molecule has 0 aliphatic carbocycles. The molecule has 0 amide bonds. The highest BCUT2D eigenvalue weighted by Crippen LogP contribution is 2.14. The third-order valence-corrected chi connectivity index (χ3v) is 1.56. The van der Waals surface area contributed by atoms with E-state index in [1.165, 1.54) is 18.3 Å². The summed E-state index contributed by atoms with van der Waals surface area (Å²) in [6.07, 6.45) is 1.34. The largest absolute Gasteiger partial charge is 0.505 e. The fourth-order valence-electron chi connectivity index (χ4n) is 0.517. The molecule has 5 heteroatoms. The Morgan fingerprint density at radius 2 is 2.30 bits per heavy atom. The molecule has 1 aromatic heterocycles. The lowest BCUT2D eigenvalue weighted by Gasteiger charge is -1.94. The van der Waals surface area contributed by atoms with E-state index in [4.69, 9.17) is 9.66 Å². The van der Waals surface area contributed by atoms with Crippen molar-refractivity contribution in [3.05, 3.63) is 18.3 Å². The molecule has 1 atom stereocenters. The van der Waals surface area contributed by atoms with Gasteiger partial charge in [-0.25, -0.2) is 9.19 Å². The maximum atomic E-state index is 10.3. The van der Waals surface area contributed by atoms with Gasteiger partial charge in [0.15, 0.2) is 10.8 Å². The minimum absolute atomic E-state index is 0.206. The Hall–Kier alpha value is -0.940. The predicted octanol–water partition coefficient (Wildman–Crippen LogP) is 0.368. The first-order valence-corrected chi connectivity index (χ1v) is 3.57. The van der Waals surface area contributed by atoms with E-state index in [1.807, 2.05) is 0 Å². The van der Waals surface area contributed by atoms with Gasteiger partial charge in [-0.2, -0.15) is 0 Å². The van der Waals surface area contributed by atoms with Crippen molar-refractivity contribution in [3.8, 4) is 5.75 Å². The van der Waals surface area contributed by atoms with E-state index < -0.39 is 11.1 Å². The van der Waals surface area contributed by atoms with Crippen LogP contribution in [0.2, 0.25) is 0 Å². The van der Waals surface area contributed by atoms with Gasteiger partial charge in [0.05, 0.1) is 0 Å². The van der Waals surface area contributed by atoms with Crippen LogP contribution >= 0.6 is 0 Å². The second-order valence-corrected chi connectivity index (χ2v) is 2.46. The zero-order chi connectivity index (χ0) is 7.56. The van der Waals surface area contributed by atoms with Crippen LogP contribution in [0, 0.1) is 0 Å². The Labute approximate surface area is 59.8 Å². The molecule has 0 bridgehead atoms. The van der Waals surface area contributed by atoms with Gasteiger partial charge < -0.3 is 9.66 Å². The summed E-state index contributed by atoms with van der Waals surface area (Å²) in [6.45, 7) is 0. The molecule has 0 fully saturated rings. The van der Waals surface area contributed by atoms with Gasteiger partial charge >= 0.3 is 0 Å². The molecule has 4 nitrogen and oxygen atoms in total. The Morgan fingerprint density at radius 1 is 1.60 bits per heavy atom. The number of pyridine rings is 1. The molecule has 1 unspecified atom stereocenters. The Morgan fingerprint density at radius 3 is 2.70 bits per heavy atom. The molecular weight excluding hydrogens is 154 g/mol. The standard InChI is InChI=1S/C5H5NO3S/c7-4-2-1-3-6-5(4)10(8)9/h1-3,7H,(H,8,9). The van der Waals surface area contributed by atoms with E-state index in [2.05, 4.69) is 4.98 Å². The van der Waals surface area contributed by atoms with Crippen molar-refractivity contribution in [2.75, 3.05) is 0 Å². The summed E-state index contributed by atoms with van der Waals surface area (Å²) < 4.78 is 18.8. The van der Waals surface area contributed by atoms with Gasteiger partial charge in [0.2, 0.25) is 11.1 Å². The van der Waals surface area contributed by atoms with Gasteiger partial charge in [-0.15, -0.1) is 0 Å². The monoisotopic (exact) mass is 159 g/mol. The smallest absolute Gasteiger partial charge is 0.209 e. The van der Waals surface area contributed by atoms with Crippen LogP contribution in [0.4, 0.5) is 0 Å². The van der Waals surface area contributed by atoms with E-state index in [0.717, 1.165) is 0 Å². The summed E-state index contributed by atoms with van der Waals surface area (Å²) in [5, 5.41) is 8.66. The normalized spacial score (nSPS) is 12.9. The average molecular weight is 159 g/mol. The molecule has 0 spiro atoms. The number of hydrogen-bond acceptors (Lipinski definition) is 3. The van der Waals surface area contributed by atoms with Crippen molar-refractivity contribution in [1.82, 2.24) is 4.98 Å². The van der Waals surface area contributed by atoms with Crippen molar-refractivity contribution in [3.63, 3.8) is 0 Å². The van der Waals surface area contributed by atoms with Crippen LogP contribution < -0.4 is 0 Å². The van der Waals surface area contributed by atoms with Crippen molar-refractivity contribution < 1.29 is 13.9 Å². The second-order valence-electron chi connectivity index (χ2n) is 1.58. The lowest BCUT2D eigenvalue weighted by atomic mass is 10.5. The van der Waals surface area contributed by atoms with E-state index in [-0.39, 0.29) is 10.8 Å². The van der Waals surface area contributed by atoms with E-state index in [0.29, 0.717) is 0 Å². The quantitative estimate of drug-likeness (QED) is 0.581. The van der Waals surface area contributed by atoms with Gasteiger partial charge in [-0.05, 0) is 12.1 Å². The molecule has 0 radical (unpaired) electrons. The molecule has 0 aliphatic heterocycles. The van der Waals surface area contributed by atoms with Crippen LogP contribution in [0.25, 0.3) is 0 Å². The summed E-state index contributed by atoms with van der Waals surface area (Å²) in [7, 11) is 0. The topological polar surface area (TPSA) is 70.4 Å². The fourth-order valence-corrected chi connectivity index (χ4v) is 0.915. The number of aromatic hydroxyl groups is 1. The molecular formula is C5H5NO3S. The van der Waals surface area contributed by atoms with Crippen LogP contribution in [0.15, 0.2) is 23.4 Å². The highest BCUT2D eigenvalue weighted by molar-refractivity contribution is 7.79. The minimum Gasteiger partial charge on any atom is -0.505 e. The lowest BCUT2D eigenvalue weighted by molar-refractivity contribution is 0.450. The molecule has 1 heterocycles. The first-order chi connectivity index (χ1) is 4.72. The number of aromatic nitrogens is 1. The van der Waals surface area contributed by atoms with Crippen molar-refractivity contribution in [2.24, 2.45) is 0 Å². The third-order valence-electron chi connectivity index (χ3n) is 0.916. The maximum Gasteiger partial charge on any atom is 0.209 e. The van der Waals surface area contributed by atoms with Gasteiger partial charge in [0, 0.05) is 6.20 Å². The SMILES string of the molecule is O=S(O)c1ncccc1O. The van der Waals surface area contributed by atoms with E-state index in [9.17, 15) is 4.21 Å². The van der Waals surface area contributed by atoms with Gasteiger partial charge in [-0.3, -0.25) is 0 Å². The average Bonchev–Trinajstić information content (AvgIpc) is 1.88. The molecule has 54 valence electrons. The van der Waals surface area contributed by atoms with Crippen LogP contribution in [-0.2, 0) is 11.1 Å². The zero-order valence-electron chi connectivity index (χ0n) is 4.89. The number of rotatable bonds is 1. The van der Waals surface area contributed by atoms with Gasteiger partial charge in [-0.1, -0.05) is 0 Å². The second kappa shape index (κ2) is 2.76. The molecule has 2 N–H and O–H groups in total. The number of nitrogens with zero attached hydrogens (tertiary/aromatic N) is 1. The summed E-state index contributed by atoms with van der Waals surface area (Å²) >= 11 is -2.20. The van der Waals surface area contributed by atoms with Crippen LogP contribution in [0.1, 0.15) is 0 Å². The Balaban J connectivity index is 3.15. The van der Waals surface area contributed by atoms with Crippen LogP contribution in [0.3, 0.4) is 0 Å². The molecule has 0 saturated heterocycles. The Kier molecular flexibility index (Phi) is 1.98. The minimum atomic E-state index is -2.20. The van der Waals surface area contributed by atoms with Crippen molar-refractivity contribution >= 4 is 11.1 Å². The fraction of sp³-hybridized carbons (Fsp3) is 0. The molecule has 1 aromatic rings. The highest BCUT2D eigenvalue weighted by Gasteiger charge is 2.05. The summed E-state index contributed by atoms with van der Waals surface area (Å²) in [5.41, 5.74) is 0. The van der Waals surface area contributed by atoms with Crippen molar-refractivity contribution in [2.45, 2.75) is 5.03 Å². The molecule has 10 heavy (non-hydrogen) atoms. The van der Waals surface area contributed by atoms with E-state index in [1.54, 1.807) is 0 Å². The lowest BCUT2D eigenvalue weighted by Crippen LogP contribution is -1.91. The van der Waals surface area contributed by atoms with E-state index >= 15 is 0 Å². The Bertz CT molecular complexity index is 263.